The summed E-state index contributed by atoms with van der Waals surface area (Å²) in [5.74, 6) is -1.01. The normalized spacial score (nSPS) is 19.0. The molecule has 2 atom stereocenters. The minimum atomic E-state index is -0.938. The van der Waals surface area contributed by atoms with Crippen LogP contribution in [0.15, 0.2) is 24.3 Å². The smallest absolute Gasteiger partial charge is 0.327 e. The van der Waals surface area contributed by atoms with E-state index in [0.29, 0.717) is 11.3 Å². The lowest BCUT2D eigenvalue weighted by atomic mass is 9.98. The first kappa shape index (κ1) is 16.5. The summed E-state index contributed by atoms with van der Waals surface area (Å²) >= 11 is 0. The lowest BCUT2D eigenvalue weighted by molar-refractivity contribution is -0.143. The summed E-state index contributed by atoms with van der Waals surface area (Å²) in [5.41, 5.74) is 1.37. The second-order valence-electron chi connectivity index (χ2n) is 5.77. The topological polar surface area (TPSA) is 60.9 Å². The van der Waals surface area contributed by atoms with Gasteiger partial charge in [0.1, 0.15) is 0 Å². The van der Waals surface area contributed by atoms with Crippen LogP contribution in [0.3, 0.4) is 0 Å². The number of hydrazine groups is 1. The van der Waals surface area contributed by atoms with E-state index < -0.39 is 12.0 Å². The van der Waals surface area contributed by atoms with Gasteiger partial charge in [-0.3, -0.25) is 9.59 Å². The molecule has 5 nitrogen and oxygen atoms in total. The zero-order valence-electron chi connectivity index (χ0n) is 13.5. The van der Waals surface area contributed by atoms with E-state index in [2.05, 4.69) is 6.92 Å². The van der Waals surface area contributed by atoms with Gasteiger partial charge >= 0.3 is 5.97 Å². The van der Waals surface area contributed by atoms with Gasteiger partial charge < -0.3 is 5.11 Å². The molecule has 22 heavy (non-hydrogen) atoms. The highest BCUT2D eigenvalue weighted by molar-refractivity contribution is 5.98. The van der Waals surface area contributed by atoms with Crippen LogP contribution in [0.4, 0.5) is 5.69 Å². The number of benzene rings is 1. The van der Waals surface area contributed by atoms with Crippen LogP contribution in [0.25, 0.3) is 0 Å². The van der Waals surface area contributed by atoms with Gasteiger partial charge in [-0.15, -0.1) is 0 Å². The third-order valence-electron chi connectivity index (χ3n) is 4.34. The number of fused-ring (bicyclic) bond motifs is 1. The summed E-state index contributed by atoms with van der Waals surface area (Å²) in [4.78, 5) is 24.5. The van der Waals surface area contributed by atoms with E-state index in [-0.39, 0.29) is 11.8 Å². The van der Waals surface area contributed by atoms with Crippen molar-refractivity contribution in [1.29, 1.82) is 0 Å². The van der Waals surface area contributed by atoms with Crippen molar-refractivity contribution < 1.29 is 14.7 Å². The van der Waals surface area contributed by atoms with Crippen LogP contribution >= 0.6 is 0 Å². The van der Waals surface area contributed by atoms with Gasteiger partial charge in [0.2, 0.25) is 5.91 Å². The molecule has 2 rings (SSSR count). The lowest BCUT2D eigenvalue weighted by Crippen LogP contribution is -2.46. The number of para-hydroxylation sites is 1. The average Bonchev–Trinajstić information content (AvgIpc) is 2.79. The Bertz CT molecular complexity index is 559. The Morgan fingerprint density at radius 1 is 1.27 bits per heavy atom. The molecule has 0 saturated heterocycles. The Morgan fingerprint density at radius 2 is 1.95 bits per heavy atom. The van der Waals surface area contributed by atoms with Crippen molar-refractivity contribution in [2.75, 3.05) is 12.1 Å². The highest BCUT2D eigenvalue weighted by Gasteiger charge is 2.42. The summed E-state index contributed by atoms with van der Waals surface area (Å²) in [6, 6.07) is 6.45. The van der Waals surface area contributed by atoms with E-state index in [1.54, 1.807) is 23.1 Å². The molecule has 1 aliphatic rings. The van der Waals surface area contributed by atoms with Crippen LogP contribution in [0.1, 0.15) is 51.1 Å². The maximum absolute atomic E-state index is 12.9. The highest BCUT2D eigenvalue weighted by Crippen LogP contribution is 2.40. The number of carboxylic acid groups (broad SMARTS) is 1. The monoisotopic (exact) mass is 304 g/mol. The number of unbranched alkanes of at least 4 members (excludes halogenated alkanes) is 1. The van der Waals surface area contributed by atoms with Crippen molar-refractivity contribution >= 4 is 17.6 Å². The molecule has 2 unspecified atom stereocenters. The predicted molar refractivity (Wildman–Crippen MR) is 85.4 cm³/mol. The maximum Gasteiger partial charge on any atom is 0.327 e. The molecule has 5 heteroatoms. The van der Waals surface area contributed by atoms with Crippen molar-refractivity contribution in [3.8, 4) is 0 Å². The van der Waals surface area contributed by atoms with Gasteiger partial charge in [0.05, 0.1) is 5.69 Å². The summed E-state index contributed by atoms with van der Waals surface area (Å²) < 4.78 is 0. The van der Waals surface area contributed by atoms with Crippen molar-refractivity contribution in [1.82, 2.24) is 5.01 Å². The lowest BCUT2D eigenvalue weighted by Gasteiger charge is -2.30. The highest BCUT2D eigenvalue weighted by atomic mass is 16.4. The minimum Gasteiger partial charge on any atom is -0.480 e. The van der Waals surface area contributed by atoms with E-state index in [9.17, 15) is 14.7 Å². The van der Waals surface area contributed by atoms with E-state index in [1.165, 1.54) is 0 Å². The third-order valence-corrected chi connectivity index (χ3v) is 4.34. The second-order valence-corrected chi connectivity index (χ2v) is 5.77. The molecular weight excluding hydrogens is 280 g/mol. The number of anilines is 1. The van der Waals surface area contributed by atoms with Gasteiger partial charge in [-0.1, -0.05) is 44.9 Å². The van der Waals surface area contributed by atoms with Crippen LogP contribution in [0.5, 0.6) is 0 Å². The molecule has 0 aromatic heterocycles. The van der Waals surface area contributed by atoms with E-state index in [4.69, 9.17) is 0 Å². The molecule has 1 aromatic carbocycles. The number of likely N-dealkylation sites (N-methyl/N-ethyl adjacent to an activating group) is 1. The summed E-state index contributed by atoms with van der Waals surface area (Å²) in [5, 5.41) is 12.6. The maximum atomic E-state index is 12.9. The third kappa shape index (κ3) is 2.86. The molecule has 120 valence electrons. The SMILES string of the molecule is CCCCC(CC)C(=O)N1c2ccccc2C(C(=O)O)N1C. The van der Waals surface area contributed by atoms with E-state index >= 15 is 0 Å². The number of hydrogen-bond donors (Lipinski definition) is 1. The number of carbonyl (C=O) groups excluding carboxylic acids is 1. The fraction of sp³-hybridized carbons (Fsp3) is 0.529. The van der Waals surface area contributed by atoms with Crippen LogP contribution < -0.4 is 5.01 Å². The molecule has 0 bridgehead atoms. The van der Waals surface area contributed by atoms with Crippen molar-refractivity contribution in [3.05, 3.63) is 29.8 Å². The molecule has 0 radical (unpaired) electrons. The number of rotatable bonds is 6. The zero-order chi connectivity index (χ0) is 16.3. The quantitative estimate of drug-likeness (QED) is 0.876. The molecule has 0 spiro atoms. The van der Waals surface area contributed by atoms with Gasteiger partial charge in [-0.2, -0.15) is 5.01 Å². The van der Waals surface area contributed by atoms with Gasteiger partial charge in [0, 0.05) is 18.5 Å². The zero-order valence-corrected chi connectivity index (χ0v) is 13.5. The molecular formula is C17H24N2O3. The largest absolute Gasteiger partial charge is 0.480 e. The predicted octanol–water partition coefficient (Wildman–Crippen LogP) is 3.22. The Morgan fingerprint density at radius 3 is 2.55 bits per heavy atom. The Kier molecular flexibility index (Phi) is 5.19. The number of carbonyl (C=O) groups is 2. The number of hydrogen-bond acceptors (Lipinski definition) is 3. The fourth-order valence-electron chi connectivity index (χ4n) is 3.09. The molecule has 0 fully saturated rings. The summed E-state index contributed by atoms with van der Waals surface area (Å²) in [6.45, 7) is 4.11. The molecule has 0 saturated carbocycles. The number of amides is 1. The molecule has 1 N–H and O–H groups in total. The van der Waals surface area contributed by atoms with Crippen molar-refractivity contribution in [2.24, 2.45) is 5.92 Å². The Labute approximate surface area is 131 Å². The first-order chi connectivity index (χ1) is 10.5. The van der Waals surface area contributed by atoms with Gasteiger partial charge in [0.25, 0.3) is 0 Å². The minimum absolute atomic E-state index is 0.00495. The standard InChI is InChI=1S/C17H24N2O3/c1-4-6-9-12(5-2)16(20)19-14-11-8-7-10-13(14)15(17(21)22)18(19)3/h7-8,10-12,15H,4-6,9H2,1-3H3,(H,21,22). The van der Waals surface area contributed by atoms with Crippen LogP contribution in [0.2, 0.25) is 0 Å². The summed E-state index contributed by atoms with van der Waals surface area (Å²) in [6.07, 6.45) is 3.67. The number of nitrogens with zero attached hydrogens (tertiary/aromatic N) is 2. The molecule has 1 aliphatic heterocycles. The summed E-state index contributed by atoms with van der Waals surface area (Å²) in [7, 11) is 1.67. The van der Waals surface area contributed by atoms with Crippen LogP contribution in [-0.2, 0) is 9.59 Å². The van der Waals surface area contributed by atoms with E-state index in [1.807, 2.05) is 25.1 Å². The molecule has 1 aromatic rings. The second kappa shape index (κ2) is 6.92. The molecule has 0 aliphatic carbocycles. The molecule has 1 heterocycles. The van der Waals surface area contributed by atoms with Gasteiger partial charge in [-0.05, 0) is 18.9 Å². The number of aliphatic carboxylic acids is 1. The average molecular weight is 304 g/mol. The van der Waals surface area contributed by atoms with Gasteiger partial charge in [-0.25, -0.2) is 5.01 Å². The Balaban J connectivity index is 2.34. The van der Waals surface area contributed by atoms with Crippen LogP contribution in [-0.4, -0.2) is 29.0 Å². The van der Waals surface area contributed by atoms with Crippen molar-refractivity contribution in [3.63, 3.8) is 0 Å². The van der Waals surface area contributed by atoms with E-state index in [0.717, 1.165) is 25.7 Å². The van der Waals surface area contributed by atoms with Gasteiger partial charge in [0.15, 0.2) is 6.04 Å². The fourth-order valence-corrected chi connectivity index (χ4v) is 3.09. The van der Waals surface area contributed by atoms with Crippen LogP contribution in [0, 0.1) is 5.92 Å². The number of carboxylic acids is 1. The molecule has 1 amide bonds. The Hall–Kier alpha value is -1.88. The first-order valence-electron chi connectivity index (χ1n) is 7.91. The first-order valence-corrected chi connectivity index (χ1v) is 7.91. The van der Waals surface area contributed by atoms with Crippen molar-refractivity contribution in [2.45, 2.75) is 45.6 Å².